The highest BCUT2D eigenvalue weighted by atomic mass is 32.2. The molecule has 142 valence electrons. The van der Waals surface area contributed by atoms with Crippen molar-refractivity contribution in [3.63, 3.8) is 0 Å². The Bertz CT molecular complexity index is 704. The van der Waals surface area contributed by atoms with Crippen LogP contribution in [0.25, 0.3) is 0 Å². The van der Waals surface area contributed by atoms with Crippen molar-refractivity contribution >= 4 is 23.4 Å². The summed E-state index contributed by atoms with van der Waals surface area (Å²) in [6.45, 7) is 7.67. The molecular formula is C19H28N4O2S. The Labute approximate surface area is 159 Å². The van der Waals surface area contributed by atoms with E-state index in [1.54, 1.807) is 13.4 Å². The minimum Gasteiger partial charge on any atom is -0.385 e. The number of rotatable bonds is 10. The van der Waals surface area contributed by atoms with Gasteiger partial charge in [-0.2, -0.15) is 0 Å². The molecule has 26 heavy (non-hydrogen) atoms. The Morgan fingerprint density at radius 1 is 1.35 bits per heavy atom. The van der Waals surface area contributed by atoms with Crippen LogP contribution in [0.1, 0.15) is 45.1 Å². The summed E-state index contributed by atoms with van der Waals surface area (Å²) in [6, 6.07) is 8.00. The highest BCUT2D eigenvalue weighted by molar-refractivity contribution is 8.00. The number of anilines is 1. The number of hydrogen-bond acceptors (Lipinski definition) is 5. The van der Waals surface area contributed by atoms with Crippen molar-refractivity contribution in [3.05, 3.63) is 36.2 Å². The van der Waals surface area contributed by atoms with Gasteiger partial charge in [0.1, 0.15) is 6.33 Å². The number of aromatic nitrogens is 3. The summed E-state index contributed by atoms with van der Waals surface area (Å²) in [5.74, 6) is 0.371. The van der Waals surface area contributed by atoms with Gasteiger partial charge in [0.2, 0.25) is 5.91 Å². The van der Waals surface area contributed by atoms with Gasteiger partial charge < -0.3 is 14.6 Å². The van der Waals surface area contributed by atoms with Gasteiger partial charge in [-0.1, -0.05) is 43.8 Å². The largest absolute Gasteiger partial charge is 0.385 e. The number of aryl methyl sites for hydroxylation is 1. The number of thioether (sulfide) groups is 1. The van der Waals surface area contributed by atoms with Crippen LogP contribution in [0.5, 0.6) is 0 Å². The Balaban J connectivity index is 2.00. The summed E-state index contributed by atoms with van der Waals surface area (Å²) in [4.78, 5) is 12.7. The topological polar surface area (TPSA) is 69.0 Å². The molecule has 0 fully saturated rings. The Morgan fingerprint density at radius 2 is 2.12 bits per heavy atom. The van der Waals surface area contributed by atoms with Gasteiger partial charge in [0.05, 0.1) is 5.25 Å². The molecule has 1 amide bonds. The Hall–Kier alpha value is -1.86. The lowest BCUT2D eigenvalue weighted by molar-refractivity contribution is -0.115. The third-order valence-corrected chi connectivity index (χ3v) is 5.44. The van der Waals surface area contributed by atoms with E-state index in [0.717, 1.165) is 30.2 Å². The predicted molar refractivity (Wildman–Crippen MR) is 106 cm³/mol. The van der Waals surface area contributed by atoms with Gasteiger partial charge in [0, 0.05) is 25.9 Å². The smallest absolute Gasteiger partial charge is 0.237 e. The molecule has 2 unspecified atom stereocenters. The van der Waals surface area contributed by atoms with Gasteiger partial charge >= 0.3 is 0 Å². The molecule has 0 bridgehead atoms. The molecule has 1 N–H and O–H groups in total. The van der Waals surface area contributed by atoms with Gasteiger partial charge in [-0.25, -0.2) is 0 Å². The van der Waals surface area contributed by atoms with Crippen LogP contribution in [0.3, 0.4) is 0 Å². The monoisotopic (exact) mass is 376 g/mol. The molecule has 0 aliphatic carbocycles. The van der Waals surface area contributed by atoms with Crippen LogP contribution in [-0.2, 0) is 16.1 Å². The fourth-order valence-electron chi connectivity index (χ4n) is 2.57. The zero-order chi connectivity index (χ0) is 18.9. The fraction of sp³-hybridized carbons (Fsp3) is 0.526. The number of amides is 1. The first-order valence-electron chi connectivity index (χ1n) is 9.00. The molecule has 1 aromatic carbocycles. The van der Waals surface area contributed by atoms with E-state index in [4.69, 9.17) is 4.74 Å². The maximum atomic E-state index is 12.7. The van der Waals surface area contributed by atoms with Crippen molar-refractivity contribution in [3.8, 4) is 0 Å². The van der Waals surface area contributed by atoms with E-state index in [-0.39, 0.29) is 11.2 Å². The second-order valence-corrected chi connectivity index (χ2v) is 7.61. The number of para-hydroxylation sites is 1. The number of nitrogens with one attached hydrogen (secondary N) is 1. The summed E-state index contributed by atoms with van der Waals surface area (Å²) in [5, 5.41) is 11.7. The summed E-state index contributed by atoms with van der Waals surface area (Å²) in [7, 11) is 1.69. The molecule has 1 heterocycles. The third-order valence-electron chi connectivity index (χ3n) is 4.34. The molecule has 0 aliphatic heterocycles. The van der Waals surface area contributed by atoms with E-state index in [1.165, 1.54) is 17.3 Å². The van der Waals surface area contributed by atoms with Crippen molar-refractivity contribution in [2.24, 2.45) is 0 Å². The quantitative estimate of drug-likeness (QED) is 0.502. The van der Waals surface area contributed by atoms with Crippen LogP contribution in [0.15, 0.2) is 35.7 Å². The average Bonchev–Trinajstić information content (AvgIpc) is 3.08. The first-order valence-corrected chi connectivity index (χ1v) is 9.88. The van der Waals surface area contributed by atoms with Crippen LogP contribution in [0, 0.1) is 0 Å². The molecule has 1 aromatic heterocycles. The maximum Gasteiger partial charge on any atom is 0.237 e. The van der Waals surface area contributed by atoms with Gasteiger partial charge in [-0.3, -0.25) is 4.79 Å². The molecule has 0 saturated heterocycles. The molecule has 0 aliphatic rings. The van der Waals surface area contributed by atoms with Crippen molar-refractivity contribution in [1.82, 2.24) is 14.8 Å². The molecule has 2 rings (SSSR count). The Morgan fingerprint density at radius 3 is 2.85 bits per heavy atom. The first-order chi connectivity index (χ1) is 12.6. The normalized spacial score (nSPS) is 13.4. The molecule has 2 atom stereocenters. The molecule has 0 spiro atoms. The number of carbonyl (C=O) groups excluding carboxylic acids is 1. The van der Waals surface area contributed by atoms with Gasteiger partial charge in [-0.15, -0.1) is 10.2 Å². The lowest BCUT2D eigenvalue weighted by atomic mass is 9.97. The van der Waals surface area contributed by atoms with Crippen LogP contribution in [0.2, 0.25) is 0 Å². The van der Waals surface area contributed by atoms with Crippen LogP contribution in [-0.4, -0.2) is 39.6 Å². The molecular weight excluding hydrogens is 348 g/mol. The number of methoxy groups -OCH3 is 1. The lowest BCUT2D eigenvalue weighted by Gasteiger charge is -2.17. The summed E-state index contributed by atoms with van der Waals surface area (Å²) in [5.41, 5.74) is 2.06. The standard InChI is InChI=1S/C19H28N4O2S/c1-5-14(2)16-9-6-7-10-17(16)21-18(24)15(3)26-19-22-20-13-23(19)11-8-12-25-4/h6-7,9-10,13-15H,5,8,11-12H2,1-4H3,(H,21,24). The number of benzene rings is 1. The summed E-state index contributed by atoms with van der Waals surface area (Å²) >= 11 is 1.42. The number of carbonyl (C=O) groups is 1. The van der Waals surface area contributed by atoms with E-state index in [1.807, 2.05) is 29.7 Å². The lowest BCUT2D eigenvalue weighted by Crippen LogP contribution is -2.23. The van der Waals surface area contributed by atoms with Crippen molar-refractivity contribution in [2.75, 3.05) is 19.0 Å². The van der Waals surface area contributed by atoms with Gasteiger partial charge in [-0.05, 0) is 37.3 Å². The van der Waals surface area contributed by atoms with E-state index in [9.17, 15) is 4.79 Å². The molecule has 0 saturated carbocycles. The average molecular weight is 377 g/mol. The van der Waals surface area contributed by atoms with Gasteiger partial charge in [0.15, 0.2) is 5.16 Å². The number of nitrogens with zero attached hydrogens (tertiary/aromatic N) is 3. The summed E-state index contributed by atoms with van der Waals surface area (Å²) in [6.07, 6.45) is 3.60. The highest BCUT2D eigenvalue weighted by Crippen LogP contribution is 2.28. The zero-order valence-electron chi connectivity index (χ0n) is 15.9. The molecule has 7 heteroatoms. The van der Waals surface area contributed by atoms with E-state index in [0.29, 0.717) is 12.5 Å². The third kappa shape index (κ3) is 5.57. The minimum absolute atomic E-state index is 0.0304. The van der Waals surface area contributed by atoms with Gasteiger partial charge in [0.25, 0.3) is 0 Å². The van der Waals surface area contributed by atoms with Crippen LogP contribution >= 0.6 is 11.8 Å². The van der Waals surface area contributed by atoms with Crippen LogP contribution in [0.4, 0.5) is 5.69 Å². The highest BCUT2D eigenvalue weighted by Gasteiger charge is 2.19. The predicted octanol–water partition coefficient (Wildman–Crippen LogP) is 3.95. The molecule has 6 nitrogen and oxygen atoms in total. The second-order valence-electron chi connectivity index (χ2n) is 6.30. The minimum atomic E-state index is -0.273. The zero-order valence-corrected chi connectivity index (χ0v) is 16.8. The Kier molecular flexibility index (Phi) is 8.12. The van der Waals surface area contributed by atoms with E-state index < -0.39 is 0 Å². The molecule has 2 aromatic rings. The number of hydrogen-bond donors (Lipinski definition) is 1. The first kappa shape index (κ1) is 20.5. The SMILES string of the molecule is CCC(C)c1ccccc1NC(=O)C(C)Sc1nncn1CCCOC. The number of ether oxygens (including phenoxy) is 1. The summed E-state index contributed by atoms with van der Waals surface area (Å²) < 4.78 is 7.04. The van der Waals surface area contributed by atoms with E-state index >= 15 is 0 Å². The van der Waals surface area contributed by atoms with Crippen molar-refractivity contribution in [2.45, 2.75) is 56.5 Å². The van der Waals surface area contributed by atoms with E-state index in [2.05, 4.69) is 35.4 Å². The fourth-order valence-corrected chi connectivity index (χ4v) is 3.43. The molecule has 0 radical (unpaired) electrons. The maximum absolute atomic E-state index is 12.7. The second kappa shape index (κ2) is 10.3. The van der Waals surface area contributed by atoms with Crippen LogP contribution < -0.4 is 5.32 Å². The van der Waals surface area contributed by atoms with Crippen molar-refractivity contribution < 1.29 is 9.53 Å². The van der Waals surface area contributed by atoms with Crippen molar-refractivity contribution in [1.29, 1.82) is 0 Å².